The molecule has 0 aromatic heterocycles. The quantitative estimate of drug-likeness (QED) is 0.684. The molecule has 0 aliphatic rings. The van der Waals surface area contributed by atoms with Crippen molar-refractivity contribution in [1.82, 2.24) is 0 Å². The smallest absolute Gasteiger partial charge is 0.303 e. The third kappa shape index (κ3) is 7.34. The Bertz CT molecular complexity index is 341. The summed E-state index contributed by atoms with van der Waals surface area (Å²) >= 11 is 0. The van der Waals surface area contributed by atoms with E-state index in [4.69, 9.17) is 5.11 Å². The van der Waals surface area contributed by atoms with E-state index in [0.717, 1.165) is 32.1 Å². The maximum absolute atomic E-state index is 10.3. The topological polar surface area (TPSA) is 37.3 Å². The maximum atomic E-state index is 10.3. The summed E-state index contributed by atoms with van der Waals surface area (Å²) < 4.78 is 0. The van der Waals surface area contributed by atoms with Crippen molar-refractivity contribution in [2.75, 3.05) is 0 Å². The molecule has 1 rings (SSSR count). The zero-order valence-electron chi connectivity index (χ0n) is 10.1. The molecule has 0 amide bonds. The fourth-order valence-corrected chi connectivity index (χ4v) is 1.68. The van der Waals surface area contributed by atoms with Crippen LogP contribution >= 0.6 is 0 Å². The molecule has 1 aromatic carbocycles. The molecule has 1 aromatic rings. The highest BCUT2D eigenvalue weighted by Gasteiger charge is 1.95. The van der Waals surface area contributed by atoms with Gasteiger partial charge in [-0.1, -0.05) is 55.3 Å². The van der Waals surface area contributed by atoms with Crippen LogP contribution in [0.5, 0.6) is 0 Å². The highest BCUT2D eigenvalue weighted by molar-refractivity contribution is 5.66. The Balaban J connectivity index is 2.01. The fourth-order valence-electron chi connectivity index (χ4n) is 1.68. The molecule has 17 heavy (non-hydrogen) atoms. The van der Waals surface area contributed by atoms with Gasteiger partial charge in [0.2, 0.25) is 0 Å². The van der Waals surface area contributed by atoms with Crippen LogP contribution in [-0.4, -0.2) is 11.1 Å². The SMILES string of the molecule is O=C(O)CCCCCCC=Cc1ccccc1. The fraction of sp³-hybridized carbons (Fsp3) is 0.400. The largest absolute Gasteiger partial charge is 0.481 e. The average molecular weight is 232 g/mol. The van der Waals surface area contributed by atoms with Crippen molar-refractivity contribution in [2.45, 2.75) is 38.5 Å². The number of hydrogen-bond acceptors (Lipinski definition) is 1. The number of carboxylic acids is 1. The van der Waals surface area contributed by atoms with Gasteiger partial charge in [-0.2, -0.15) is 0 Å². The van der Waals surface area contributed by atoms with E-state index in [1.807, 2.05) is 18.2 Å². The van der Waals surface area contributed by atoms with Gasteiger partial charge in [-0.25, -0.2) is 0 Å². The predicted molar refractivity (Wildman–Crippen MR) is 70.8 cm³/mol. The number of hydrogen-bond donors (Lipinski definition) is 1. The number of benzene rings is 1. The molecule has 0 aliphatic heterocycles. The van der Waals surface area contributed by atoms with E-state index in [1.165, 1.54) is 5.56 Å². The van der Waals surface area contributed by atoms with Gasteiger partial charge in [-0.05, 0) is 24.8 Å². The second-order valence-electron chi connectivity index (χ2n) is 4.16. The average Bonchev–Trinajstić information content (AvgIpc) is 2.33. The lowest BCUT2D eigenvalue weighted by molar-refractivity contribution is -0.137. The van der Waals surface area contributed by atoms with E-state index in [2.05, 4.69) is 24.3 Å². The lowest BCUT2D eigenvalue weighted by atomic mass is 10.1. The summed E-state index contributed by atoms with van der Waals surface area (Å²) in [5, 5.41) is 8.47. The molecule has 0 unspecified atom stereocenters. The molecule has 0 aliphatic carbocycles. The first-order valence-electron chi connectivity index (χ1n) is 6.22. The van der Waals surface area contributed by atoms with E-state index in [9.17, 15) is 4.79 Å². The van der Waals surface area contributed by atoms with Crippen LogP contribution in [0.4, 0.5) is 0 Å². The molecule has 0 atom stereocenters. The van der Waals surface area contributed by atoms with Crippen molar-refractivity contribution < 1.29 is 9.90 Å². The van der Waals surface area contributed by atoms with Crippen LogP contribution in [0.2, 0.25) is 0 Å². The monoisotopic (exact) mass is 232 g/mol. The summed E-state index contributed by atoms with van der Waals surface area (Å²) in [4.78, 5) is 10.3. The van der Waals surface area contributed by atoms with E-state index in [0.29, 0.717) is 6.42 Å². The first-order chi connectivity index (χ1) is 8.29. The van der Waals surface area contributed by atoms with Crippen molar-refractivity contribution >= 4 is 12.0 Å². The minimum atomic E-state index is -0.686. The summed E-state index contributed by atoms with van der Waals surface area (Å²) in [5.74, 6) is -0.686. The van der Waals surface area contributed by atoms with Gasteiger partial charge in [-0.3, -0.25) is 4.79 Å². The molecule has 0 heterocycles. The predicted octanol–water partition coefficient (Wildman–Crippen LogP) is 4.13. The molecule has 0 bridgehead atoms. The van der Waals surface area contributed by atoms with Crippen molar-refractivity contribution in [2.24, 2.45) is 0 Å². The summed E-state index contributed by atoms with van der Waals surface area (Å²) in [6, 6.07) is 10.3. The molecule has 0 saturated carbocycles. The standard InChI is InChI=1S/C15H20O2/c16-15(17)13-9-4-2-1-3-6-10-14-11-7-5-8-12-14/h5-8,10-12H,1-4,9,13H2,(H,16,17). The minimum Gasteiger partial charge on any atom is -0.481 e. The summed E-state index contributed by atoms with van der Waals surface area (Å²) in [5.41, 5.74) is 1.23. The number of allylic oxidation sites excluding steroid dienone is 1. The van der Waals surface area contributed by atoms with E-state index in [-0.39, 0.29) is 0 Å². The molecule has 1 N–H and O–H groups in total. The van der Waals surface area contributed by atoms with Crippen LogP contribution in [0.15, 0.2) is 36.4 Å². The molecule has 0 fully saturated rings. The van der Waals surface area contributed by atoms with Crippen LogP contribution in [0.3, 0.4) is 0 Å². The summed E-state index contributed by atoms with van der Waals surface area (Å²) in [7, 11) is 0. The van der Waals surface area contributed by atoms with Crippen molar-refractivity contribution in [3.63, 3.8) is 0 Å². The van der Waals surface area contributed by atoms with Crippen LogP contribution in [0.1, 0.15) is 44.1 Å². The lowest BCUT2D eigenvalue weighted by Gasteiger charge is -1.97. The highest BCUT2D eigenvalue weighted by atomic mass is 16.4. The van der Waals surface area contributed by atoms with Crippen LogP contribution < -0.4 is 0 Å². The lowest BCUT2D eigenvalue weighted by Crippen LogP contribution is -1.93. The Morgan fingerprint density at radius 1 is 1.06 bits per heavy atom. The number of carbonyl (C=O) groups is 1. The molecule has 2 heteroatoms. The molecular formula is C15H20O2. The number of carboxylic acid groups (broad SMARTS) is 1. The third-order valence-electron chi connectivity index (χ3n) is 2.62. The minimum absolute atomic E-state index is 0.305. The third-order valence-corrected chi connectivity index (χ3v) is 2.62. The highest BCUT2D eigenvalue weighted by Crippen LogP contribution is 2.08. The summed E-state index contributed by atoms with van der Waals surface area (Å²) in [6.45, 7) is 0. The Morgan fingerprint density at radius 2 is 1.76 bits per heavy atom. The first-order valence-corrected chi connectivity index (χ1v) is 6.22. The van der Waals surface area contributed by atoms with Crippen molar-refractivity contribution in [3.05, 3.63) is 42.0 Å². The summed E-state index contributed by atoms with van der Waals surface area (Å²) in [6.07, 6.45) is 9.78. The van der Waals surface area contributed by atoms with Gasteiger partial charge >= 0.3 is 5.97 Å². The number of aliphatic carboxylic acids is 1. The second-order valence-corrected chi connectivity index (χ2v) is 4.16. The first kappa shape index (κ1) is 13.5. The Morgan fingerprint density at radius 3 is 2.47 bits per heavy atom. The molecule has 0 saturated heterocycles. The van der Waals surface area contributed by atoms with Gasteiger partial charge in [0.1, 0.15) is 0 Å². The molecule has 2 nitrogen and oxygen atoms in total. The normalized spacial score (nSPS) is 10.8. The van der Waals surface area contributed by atoms with Gasteiger partial charge in [0.15, 0.2) is 0 Å². The Labute approximate surface area is 103 Å². The van der Waals surface area contributed by atoms with E-state index < -0.39 is 5.97 Å². The number of rotatable bonds is 8. The van der Waals surface area contributed by atoms with Gasteiger partial charge in [0.25, 0.3) is 0 Å². The van der Waals surface area contributed by atoms with Gasteiger partial charge < -0.3 is 5.11 Å². The molecular weight excluding hydrogens is 212 g/mol. The molecule has 92 valence electrons. The van der Waals surface area contributed by atoms with E-state index in [1.54, 1.807) is 0 Å². The van der Waals surface area contributed by atoms with Crippen LogP contribution in [0, 0.1) is 0 Å². The van der Waals surface area contributed by atoms with Crippen LogP contribution in [0.25, 0.3) is 6.08 Å². The maximum Gasteiger partial charge on any atom is 0.303 e. The van der Waals surface area contributed by atoms with Crippen LogP contribution in [-0.2, 0) is 4.79 Å². The zero-order chi connectivity index (χ0) is 12.3. The van der Waals surface area contributed by atoms with E-state index >= 15 is 0 Å². The zero-order valence-corrected chi connectivity index (χ0v) is 10.1. The Hall–Kier alpha value is -1.57. The molecule has 0 radical (unpaired) electrons. The second kappa shape index (κ2) is 8.57. The molecule has 0 spiro atoms. The van der Waals surface area contributed by atoms with Gasteiger partial charge in [0, 0.05) is 6.42 Å². The van der Waals surface area contributed by atoms with Crippen molar-refractivity contribution in [1.29, 1.82) is 0 Å². The van der Waals surface area contributed by atoms with Gasteiger partial charge in [-0.15, -0.1) is 0 Å². The van der Waals surface area contributed by atoms with Crippen molar-refractivity contribution in [3.8, 4) is 0 Å². The van der Waals surface area contributed by atoms with Gasteiger partial charge in [0.05, 0.1) is 0 Å². The Kier molecular flexibility index (Phi) is 6.80. The number of unbranched alkanes of at least 4 members (excludes halogenated alkanes) is 4.